The van der Waals surface area contributed by atoms with Crippen LogP contribution in [-0.4, -0.2) is 44.3 Å². The van der Waals surface area contributed by atoms with E-state index in [1.807, 2.05) is 0 Å². The first-order valence-corrected chi connectivity index (χ1v) is 11.0. The van der Waals surface area contributed by atoms with Crippen molar-refractivity contribution in [3.05, 3.63) is 58.3 Å². The molecule has 10 heteroatoms. The van der Waals surface area contributed by atoms with Gasteiger partial charge >= 0.3 is 5.97 Å². The molecule has 0 unspecified atom stereocenters. The Morgan fingerprint density at radius 2 is 1.86 bits per heavy atom. The number of anilines is 1. The van der Waals surface area contributed by atoms with E-state index in [9.17, 15) is 22.4 Å². The highest BCUT2D eigenvalue weighted by Crippen LogP contribution is 2.22. The maximum absolute atomic E-state index is 13.7. The van der Waals surface area contributed by atoms with E-state index in [1.165, 1.54) is 40.7 Å². The van der Waals surface area contributed by atoms with Crippen LogP contribution in [0.2, 0.25) is 0 Å². The monoisotopic (exact) mass is 484 g/mol. The van der Waals surface area contributed by atoms with E-state index >= 15 is 0 Å². The molecule has 0 spiro atoms. The Balaban J connectivity index is 1.63. The summed E-state index contributed by atoms with van der Waals surface area (Å²) in [5.74, 6) is -2.21. The van der Waals surface area contributed by atoms with Crippen molar-refractivity contribution in [1.82, 2.24) is 4.31 Å². The fourth-order valence-electron chi connectivity index (χ4n) is 2.85. The van der Waals surface area contributed by atoms with Crippen LogP contribution in [0.5, 0.6) is 0 Å². The molecule has 1 N–H and O–H groups in total. The Bertz CT molecular complexity index is 1040. The number of hydrogen-bond acceptors (Lipinski definition) is 5. The van der Waals surface area contributed by atoms with Crippen molar-refractivity contribution in [3.8, 4) is 0 Å². The molecule has 1 aliphatic heterocycles. The van der Waals surface area contributed by atoms with Crippen molar-refractivity contribution in [3.63, 3.8) is 0 Å². The molecule has 0 atom stereocenters. The van der Waals surface area contributed by atoms with Gasteiger partial charge in [0.1, 0.15) is 5.82 Å². The molecule has 0 aliphatic carbocycles. The molecular formula is C19H18BrFN2O5S. The normalized spacial score (nSPS) is 14.6. The minimum Gasteiger partial charge on any atom is -0.452 e. The van der Waals surface area contributed by atoms with Gasteiger partial charge in [0.2, 0.25) is 10.0 Å². The summed E-state index contributed by atoms with van der Waals surface area (Å²) in [7, 11) is -3.67. The first-order chi connectivity index (χ1) is 13.8. The van der Waals surface area contributed by atoms with Gasteiger partial charge in [0.25, 0.3) is 5.91 Å². The van der Waals surface area contributed by atoms with Gasteiger partial charge in [0.05, 0.1) is 16.1 Å². The number of benzene rings is 2. The topological polar surface area (TPSA) is 92.8 Å². The number of carbonyl (C=O) groups is 2. The molecule has 1 heterocycles. The van der Waals surface area contributed by atoms with Gasteiger partial charge in [0, 0.05) is 17.6 Å². The second kappa shape index (κ2) is 9.02. The number of halogens is 2. The lowest BCUT2D eigenvalue weighted by atomic mass is 10.2. The van der Waals surface area contributed by atoms with Crippen LogP contribution in [0.3, 0.4) is 0 Å². The third-order valence-electron chi connectivity index (χ3n) is 4.31. The van der Waals surface area contributed by atoms with Crippen molar-refractivity contribution in [2.75, 3.05) is 25.0 Å². The summed E-state index contributed by atoms with van der Waals surface area (Å²) < 4.78 is 45.8. The Morgan fingerprint density at radius 1 is 1.14 bits per heavy atom. The lowest BCUT2D eigenvalue weighted by molar-refractivity contribution is -0.119. The number of nitrogens with zero attached hydrogens (tertiary/aromatic N) is 1. The Morgan fingerprint density at radius 3 is 2.55 bits per heavy atom. The maximum atomic E-state index is 13.7. The predicted octanol–water partition coefficient (Wildman–Crippen LogP) is 3.17. The van der Waals surface area contributed by atoms with E-state index in [0.29, 0.717) is 17.6 Å². The Kier molecular flexibility index (Phi) is 6.66. The van der Waals surface area contributed by atoms with E-state index in [2.05, 4.69) is 21.2 Å². The highest BCUT2D eigenvalue weighted by Gasteiger charge is 2.27. The van der Waals surface area contributed by atoms with Gasteiger partial charge in [-0.2, -0.15) is 4.31 Å². The van der Waals surface area contributed by atoms with Crippen molar-refractivity contribution < 1.29 is 27.1 Å². The molecule has 1 amide bonds. The van der Waals surface area contributed by atoms with Crippen LogP contribution >= 0.6 is 15.9 Å². The quantitative estimate of drug-likeness (QED) is 0.635. The second-order valence-electron chi connectivity index (χ2n) is 6.39. The summed E-state index contributed by atoms with van der Waals surface area (Å²) in [4.78, 5) is 24.1. The molecule has 154 valence electrons. The smallest absolute Gasteiger partial charge is 0.338 e. The summed E-state index contributed by atoms with van der Waals surface area (Å²) in [6.45, 7) is 0.255. The minimum atomic E-state index is -3.67. The number of sulfonamides is 1. The average Bonchev–Trinajstić information content (AvgIpc) is 3.24. The van der Waals surface area contributed by atoms with E-state index < -0.39 is 34.3 Å². The number of hydrogen-bond donors (Lipinski definition) is 1. The largest absolute Gasteiger partial charge is 0.452 e. The van der Waals surface area contributed by atoms with Gasteiger partial charge in [-0.25, -0.2) is 17.6 Å². The molecule has 0 radical (unpaired) electrons. The molecule has 2 aromatic carbocycles. The standard InChI is InChI=1S/C19H18BrFN2O5S/c20-14-6-7-17(16(21)11-14)22-18(24)12-28-19(25)13-4-3-5-15(10-13)29(26,27)23-8-1-2-9-23/h3-7,10-11H,1-2,8-9,12H2,(H,22,24). The van der Waals surface area contributed by atoms with Crippen LogP contribution in [-0.2, 0) is 19.6 Å². The first kappa shape index (κ1) is 21.4. The minimum absolute atomic E-state index is 0.00441. The van der Waals surface area contributed by atoms with E-state index in [0.717, 1.165) is 12.8 Å². The SMILES string of the molecule is O=C(COC(=O)c1cccc(S(=O)(=O)N2CCCC2)c1)Nc1ccc(Br)cc1F. The molecule has 0 saturated carbocycles. The maximum Gasteiger partial charge on any atom is 0.338 e. The van der Waals surface area contributed by atoms with Crippen LogP contribution in [0.1, 0.15) is 23.2 Å². The van der Waals surface area contributed by atoms with Crippen LogP contribution in [0.25, 0.3) is 0 Å². The molecule has 1 saturated heterocycles. The summed E-state index contributed by atoms with van der Waals surface area (Å²) in [5, 5.41) is 2.30. The van der Waals surface area contributed by atoms with Crippen molar-refractivity contribution in [2.45, 2.75) is 17.7 Å². The zero-order valence-electron chi connectivity index (χ0n) is 15.2. The van der Waals surface area contributed by atoms with Gasteiger partial charge in [-0.1, -0.05) is 22.0 Å². The van der Waals surface area contributed by atoms with Crippen LogP contribution in [0, 0.1) is 5.82 Å². The zero-order valence-corrected chi connectivity index (χ0v) is 17.6. The zero-order chi connectivity index (χ0) is 21.0. The Labute approximate surface area is 176 Å². The van der Waals surface area contributed by atoms with Crippen molar-refractivity contribution >= 4 is 43.5 Å². The van der Waals surface area contributed by atoms with Gasteiger partial charge in [-0.3, -0.25) is 4.79 Å². The highest BCUT2D eigenvalue weighted by molar-refractivity contribution is 9.10. The van der Waals surface area contributed by atoms with Crippen LogP contribution in [0.4, 0.5) is 10.1 Å². The lowest BCUT2D eigenvalue weighted by Gasteiger charge is -2.15. The highest BCUT2D eigenvalue weighted by atomic mass is 79.9. The molecule has 7 nitrogen and oxygen atoms in total. The number of rotatable bonds is 6. The van der Waals surface area contributed by atoms with E-state index in [4.69, 9.17) is 4.74 Å². The van der Waals surface area contributed by atoms with Gasteiger partial charge in [0.15, 0.2) is 6.61 Å². The molecular weight excluding hydrogens is 467 g/mol. The number of ether oxygens (including phenoxy) is 1. The van der Waals surface area contributed by atoms with E-state index in [1.54, 1.807) is 6.07 Å². The van der Waals surface area contributed by atoms with Gasteiger partial charge < -0.3 is 10.1 Å². The van der Waals surface area contributed by atoms with Gasteiger partial charge in [-0.05, 0) is 49.2 Å². The number of nitrogens with one attached hydrogen (secondary N) is 1. The predicted molar refractivity (Wildman–Crippen MR) is 107 cm³/mol. The number of carbonyl (C=O) groups excluding carboxylic acids is 2. The fourth-order valence-corrected chi connectivity index (χ4v) is 4.75. The van der Waals surface area contributed by atoms with Crippen LogP contribution < -0.4 is 5.32 Å². The molecule has 1 fully saturated rings. The molecule has 1 aliphatic rings. The molecule has 3 rings (SSSR count). The average molecular weight is 485 g/mol. The lowest BCUT2D eigenvalue weighted by Crippen LogP contribution is -2.28. The number of esters is 1. The second-order valence-corrected chi connectivity index (χ2v) is 9.24. The molecule has 0 bridgehead atoms. The summed E-state index contributed by atoms with van der Waals surface area (Å²) >= 11 is 3.11. The third-order valence-corrected chi connectivity index (χ3v) is 6.70. The Hall–Kier alpha value is -2.30. The molecule has 2 aromatic rings. The summed E-state index contributed by atoms with van der Waals surface area (Å²) in [6, 6.07) is 9.58. The van der Waals surface area contributed by atoms with Crippen molar-refractivity contribution in [1.29, 1.82) is 0 Å². The summed E-state index contributed by atoms with van der Waals surface area (Å²) in [6.07, 6.45) is 1.60. The van der Waals surface area contributed by atoms with Gasteiger partial charge in [-0.15, -0.1) is 0 Å². The molecule has 29 heavy (non-hydrogen) atoms. The van der Waals surface area contributed by atoms with E-state index in [-0.39, 0.29) is 16.1 Å². The third kappa shape index (κ3) is 5.20. The van der Waals surface area contributed by atoms with Crippen LogP contribution in [0.15, 0.2) is 51.8 Å². The fraction of sp³-hybridized carbons (Fsp3) is 0.263. The van der Waals surface area contributed by atoms with Crippen molar-refractivity contribution in [2.24, 2.45) is 0 Å². The molecule has 0 aromatic heterocycles. The number of amides is 1. The summed E-state index contributed by atoms with van der Waals surface area (Å²) in [5.41, 5.74) is -0.0409. The first-order valence-electron chi connectivity index (χ1n) is 8.79.